The lowest BCUT2D eigenvalue weighted by molar-refractivity contribution is 0.0525. The van der Waals surface area contributed by atoms with E-state index in [-0.39, 0.29) is 5.97 Å². The van der Waals surface area contributed by atoms with Crippen molar-refractivity contribution in [3.05, 3.63) is 58.1 Å². The summed E-state index contributed by atoms with van der Waals surface area (Å²) in [6.07, 6.45) is 0. The molecule has 2 aromatic heterocycles. The first-order chi connectivity index (χ1) is 12.1. The van der Waals surface area contributed by atoms with Gasteiger partial charge in [0.25, 0.3) is 0 Å². The molecular formula is C19H21N3O2S. The number of nitrogens with one attached hydrogen (secondary N) is 2. The number of ether oxygens (including phenoxy) is 1. The SMILES string of the molecule is CCOC(=O)c1c(C)[nH]c(-c2csc(NCc3ccccc3)n2)c1C. The molecule has 0 aliphatic rings. The first-order valence-electron chi connectivity index (χ1n) is 8.20. The molecule has 0 spiro atoms. The molecule has 2 N–H and O–H groups in total. The normalized spacial score (nSPS) is 10.7. The maximum atomic E-state index is 12.1. The molecule has 0 unspecified atom stereocenters. The smallest absolute Gasteiger partial charge is 0.340 e. The number of aromatic amines is 1. The number of hydrogen-bond donors (Lipinski definition) is 2. The lowest BCUT2D eigenvalue weighted by Crippen LogP contribution is -2.06. The summed E-state index contributed by atoms with van der Waals surface area (Å²) in [5.41, 5.74) is 5.18. The molecule has 3 rings (SSSR count). The van der Waals surface area contributed by atoms with Crippen LogP contribution in [0.1, 0.15) is 34.1 Å². The minimum atomic E-state index is -0.294. The number of hydrogen-bond acceptors (Lipinski definition) is 5. The predicted molar refractivity (Wildman–Crippen MR) is 101 cm³/mol. The number of aryl methyl sites for hydroxylation is 1. The highest BCUT2D eigenvalue weighted by molar-refractivity contribution is 7.14. The van der Waals surface area contributed by atoms with Crippen molar-refractivity contribution in [2.24, 2.45) is 0 Å². The number of carbonyl (C=O) groups is 1. The van der Waals surface area contributed by atoms with Gasteiger partial charge in [-0.3, -0.25) is 0 Å². The van der Waals surface area contributed by atoms with E-state index in [9.17, 15) is 4.79 Å². The molecule has 0 saturated heterocycles. The zero-order valence-corrected chi connectivity index (χ0v) is 15.4. The van der Waals surface area contributed by atoms with E-state index in [1.54, 1.807) is 18.3 Å². The molecular weight excluding hydrogens is 334 g/mol. The van der Waals surface area contributed by atoms with Gasteiger partial charge < -0.3 is 15.0 Å². The third kappa shape index (κ3) is 3.74. The number of rotatable bonds is 6. The minimum Gasteiger partial charge on any atom is -0.462 e. The van der Waals surface area contributed by atoms with E-state index in [0.29, 0.717) is 12.2 Å². The molecule has 0 radical (unpaired) electrons. The van der Waals surface area contributed by atoms with Gasteiger partial charge in [-0.25, -0.2) is 9.78 Å². The predicted octanol–water partition coefficient (Wildman–Crippen LogP) is 4.54. The molecule has 0 saturated carbocycles. The van der Waals surface area contributed by atoms with Crippen LogP contribution in [0.3, 0.4) is 0 Å². The van der Waals surface area contributed by atoms with Crippen molar-refractivity contribution in [1.29, 1.82) is 0 Å². The number of esters is 1. The van der Waals surface area contributed by atoms with Crippen LogP contribution in [0.5, 0.6) is 0 Å². The van der Waals surface area contributed by atoms with E-state index in [2.05, 4.69) is 27.4 Å². The van der Waals surface area contributed by atoms with Crippen LogP contribution >= 0.6 is 11.3 Å². The highest BCUT2D eigenvalue weighted by atomic mass is 32.1. The minimum absolute atomic E-state index is 0.294. The van der Waals surface area contributed by atoms with E-state index in [1.165, 1.54) is 5.56 Å². The van der Waals surface area contributed by atoms with Crippen molar-refractivity contribution in [3.8, 4) is 11.4 Å². The van der Waals surface area contributed by atoms with Crippen LogP contribution in [0, 0.1) is 13.8 Å². The highest BCUT2D eigenvalue weighted by Crippen LogP contribution is 2.30. The third-order valence-corrected chi connectivity index (χ3v) is 4.76. The summed E-state index contributed by atoms with van der Waals surface area (Å²) in [6.45, 7) is 6.69. The van der Waals surface area contributed by atoms with Gasteiger partial charge in [-0.1, -0.05) is 30.3 Å². The maximum Gasteiger partial charge on any atom is 0.340 e. The van der Waals surface area contributed by atoms with Crippen LogP contribution in [0.25, 0.3) is 11.4 Å². The van der Waals surface area contributed by atoms with E-state index in [0.717, 1.165) is 34.3 Å². The topological polar surface area (TPSA) is 67.0 Å². The van der Waals surface area contributed by atoms with Crippen molar-refractivity contribution in [2.45, 2.75) is 27.3 Å². The first-order valence-corrected chi connectivity index (χ1v) is 9.08. The third-order valence-electron chi connectivity index (χ3n) is 3.96. The Kier molecular flexibility index (Phi) is 5.19. The lowest BCUT2D eigenvalue weighted by Gasteiger charge is -2.02. The Hall–Kier alpha value is -2.60. The number of benzene rings is 1. The summed E-state index contributed by atoms with van der Waals surface area (Å²) in [5, 5.41) is 6.17. The van der Waals surface area contributed by atoms with Crippen molar-refractivity contribution in [3.63, 3.8) is 0 Å². The second kappa shape index (κ2) is 7.53. The number of anilines is 1. The van der Waals surface area contributed by atoms with E-state index >= 15 is 0 Å². The second-order valence-electron chi connectivity index (χ2n) is 5.72. The van der Waals surface area contributed by atoms with Crippen molar-refractivity contribution in [2.75, 3.05) is 11.9 Å². The molecule has 25 heavy (non-hydrogen) atoms. The van der Waals surface area contributed by atoms with Gasteiger partial charge >= 0.3 is 5.97 Å². The summed E-state index contributed by atoms with van der Waals surface area (Å²) in [7, 11) is 0. The van der Waals surface area contributed by atoms with E-state index < -0.39 is 0 Å². The van der Waals surface area contributed by atoms with Gasteiger partial charge in [0.1, 0.15) is 5.69 Å². The molecule has 1 aromatic carbocycles. The Balaban J connectivity index is 1.78. The molecule has 5 nitrogen and oxygen atoms in total. The van der Waals surface area contributed by atoms with Crippen LogP contribution in [-0.4, -0.2) is 22.5 Å². The lowest BCUT2D eigenvalue weighted by atomic mass is 10.1. The molecule has 0 fully saturated rings. The summed E-state index contributed by atoms with van der Waals surface area (Å²) in [5.74, 6) is -0.294. The Morgan fingerprint density at radius 2 is 2.04 bits per heavy atom. The summed E-state index contributed by atoms with van der Waals surface area (Å²) in [6, 6.07) is 10.2. The van der Waals surface area contributed by atoms with Crippen molar-refractivity contribution >= 4 is 22.4 Å². The fourth-order valence-electron chi connectivity index (χ4n) is 2.76. The molecule has 3 aromatic rings. The highest BCUT2D eigenvalue weighted by Gasteiger charge is 2.21. The fraction of sp³-hybridized carbons (Fsp3) is 0.263. The number of aromatic nitrogens is 2. The maximum absolute atomic E-state index is 12.1. The Morgan fingerprint density at radius 3 is 2.76 bits per heavy atom. The molecule has 6 heteroatoms. The summed E-state index contributed by atoms with van der Waals surface area (Å²) >= 11 is 1.55. The van der Waals surface area contributed by atoms with Gasteiger partial charge in [-0.15, -0.1) is 11.3 Å². The van der Waals surface area contributed by atoms with E-state index in [1.807, 2.05) is 37.4 Å². The Morgan fingerprint density at radius 1 is 1.28 bits per heavy atom. The van der Waals surface area contributed by atoms with Gasteiger partial charge in [-0.2, -0.15) is 0 Å². The second-order valence-corrected chi connectivity index (χ2v) is 6.58. The van der Waals surface area contributed by atoms with Crippen LogP contribution in [0.4, 0.5) is 5.13 Å². The van der Waals surface area contributed by atoms with Gasteiger partial charge in [0.15, 0.2) is 5.13 Å². The largest absolute Gasteiger partial charge is 0.462 e. The first kappa shape index (κ1) is 17.2. The number of H-pyrrole nitrogens is 1. The zero-order chi connectivity index (χ0) is 17.8. The van der Waals surface area contributed by atoms with Crippen LogP contribution in [0.2, 0.25) is 0 Å². The molecule has 0 bridgehead atoms. The van der Waals surface area contributed by atoms with Gasteiger partial charge in [0.05, 0.1) is 17.9 Å². The van der Waals surface area contributed by atoms with Gasteiger partial charge in [0, 0.05) is 17.6 Å². The quantitative estimate of drug-likeness (QED) is 0.637. The molecule has 0 aliphatic heterocycles. The van der Waals surface area contributed by atoms with Gasteiger partial charge in [-0.05, 0) is 31.9 Å². The number of nitrogens with zero attached hydrogens (tertiary/aromatic N) is 1. The standard InChI is InChI=1S/C19H21N3O2S/c1-4-24-18(23)16-12(2)17(21-13(16)3)15-11-25-19(22-15)20-10-14-8-6-5-7-9-14/h5-9,11,21H,4,10H2,1-3H3,(H,20,22). The molecule has 0 atom stereocenters. The zero-order valence-electron chi connectivity index (χ0n) is 14.6. The van der Waals surface area contributed by atoms with Crippen LogP contribution in [-0.2, 0) is 11.3 Å². The van der Waals surface area contributed by atoms with Crippen molar-refractivity contribution in [1.82, 2.24) is 9.97 Å². The monoisotopic (exact) mass is 355 g/mol. The van der Waals surface area contributed by atoms with Gasteiger partial charge in [0.2, 0.25) is 0 Å². The molecule has 2 heterocycles. The average molecular weight is 355 g/mol. The Bertz CT molecular complexity index is 868. The average Bonchev–Trinajstić information content (AvgIpc) is 3.18. The fourth-order valence-corrected chi connectivity index (χ4v) is 3.46. The number of carbonyl (C=O) groups excluding carboxylic acids is 1. The van der Waals surface area contributed by atoms with Crippen LogP contribution < -0.4 is 5.32 Å². The van der Waals surface area contributed by atoms with Crippen LogP contribution in [0.15, 0.2) is 35.7 Å². The molecule has 130 valence electrons. The summed E-state index contributed by atoms with van der Waals surface area (Å²) in [4.78, 5) is 20.0. The van der Waals surface area contributed by atoms with Crippen molar-refractivity contribution < 1.29 is 9.53 Å². The Labute approximate surface area is 151 Å². The number of thiazole rings is 1. The summed E-state index contributed by atoms with van der Waals surface area (Å²) < 4.78 is 5.14. The molecule has 0 aliphatic carbocycles. The molecule has 0 amide bonds. The van der Waals surface area contributed by atoms with E-state index in [4.69, 9.17) is 4.74 Å².